The number of hydrogen-bond donors (Lipinski definition) is 2. The van der Waals surface area contributed by atoms with Crippen LogP contribution in [0, 0.1) is 0 Å². The molecule has 9 heteroatoms. The van der Waals surface area contributed by atoms with Gasteiger partial charge in [0.2, 0.25) is 0 Å². The van der Waals surface area contributed by atoms with Crippen LogP contribution in [-0.4, -0.2) is 41.0 Å². The monoisotopic (exact) mass is 744 g/mol. The predicted octanol–water partition coefficient (Wildman–Crippen LogP) is 11.8. The highest BCUT2D eigenvalue weighted by Gasteiger charge is 2.22. The zero-order chi connectivity index (χ0) is 38.2. The number of hydrogen-bond acceptors (Lipinski definition) is 6. The van der Waals surface area contributed by atoms with Gasteiger partial charge in [0.25, 0.3) is 0 Å². The molecule has 1 atom stereocenters. The van der Waals surface area contributed by atoms with Gasteiger partial charge in [-0.25, -0.2) is 4.57 Å². The molecule has 0 saturated heterocycles. The molecule has 0 heterocycles. The molecule has 0 saturated carbocycles. The van der Waals surface area contributed by atoms with Gasteiger partial charge in [-0.05, 0) is 83.5 Å². The summed E-state index contributed by atoms with van der Waals surface area (Å²) in [6, 6.07) is 0. The molecule has 0 radical (unpaired) electrons. The lowest BCUT2D eigenvalue weighted by molar-refractivity contribution is -0.161. The maximum atomic E-state index is 12.4. The summed E-state index contributed by atoms with van der Waals surface area (Å²) in [6.07, 6.45) is 51.4. The Hall–Kier alpha value is -3.03. The van der Waals surface area contributed by atoms with Crippen LogP contribution < -0.4 is 0 Å². The number of phosphoric acid groups is 1. The Balaban J connectivity index is 4.14. The fourth-order valence-electron chi connectivity index (χ4n) is 4.72. The van der Waals surface area contributed by atoms with E-state index in [-0.39, 0.29) is 19.4 Å². The highest BCUT2D eigenvalue weighted by atomic mass is 31.2. The maximum absolute atomic E-state index is 12.4. The van der Waals surface area contributed by atoms with E-state index in [0.717, 1.165) is 77.0 Å². The van der Waals surface area contributed by atoms with Crippen molar-refractivity contribution >= 4 is 19.8 Å². The molecule has 0 aliphatic carbocycles. The van der Waals surface area contributed by atoms with E-state index in [1.54, 1.807) is 0 Å². The minimum absolute atomic E-state index is 0.134. The molecule has 0 spiro atoms. The largest absolute Gasteiger partial charge is 0.469 e. The summed E-state index contributed by atoms with van der Waals surface area (Å²) in [5.41, 5.74) is 0. The quantitative estimate of drug-likeness (QED) is 0.0289. The summed E-state index contributed by atoms with van der Waals surface area (Å²) in [4.78, 5) is 42.7. The van der Waals surface area contributed by atoms with Crippen molar-refractivity contribution in [2.45, 2.75) is 148 Å². The third-order valence-electron chi connectivity index (χ3n) is 7.60. The highest BCUT2D eigenvalue weighted by molar-refractivity contribution is 7.46. The van der Waals surface area contributed by atoms with Crippen LogP contribution in [0.5, 0.6) is 0 Å². The normalized spacial score (nSPS) is 13.5. The van der Waals surface area contributed by atoms with E-state index in [4.69, 9.17) is 19.3 Å². The van der Waals surface area contributed by atoms with Crippen molar-refractivity contribution in [3.8, 4) is 0 Å². The van der Waals surface area contributed by atoms with E-state index in [1.165, 1.54) is 25.7 Å². The lowest BCUT2D eigenvalue weighted by Crippen LogP contribution is -2.29. The molecule has 0 fully saturated rings. The molecule has 0 bridgehead atoms. The molecule has 0 aromatic rings. The Morgan fingerprint density at radius 2 is 0.962 bits per heavy atom. The van der Waals surface area contributed by atoms with Gasteiger partial charge in [0.1, 0.15) is 6.61 Å². The van der Waals surface area contributed by atoms with E-state index in [2.05, 4.69) is 103 Å². The molecule has 8 nitrogen and oxygen atoms in total. The van der Waals surface area contributed by atoms with Crippen molar-refractivity contribution in [1.82, 2.24) is 0 Å². The van der Waals surface area contributed by atoms with Crippen LogP contribution in [0.4, 0.5) is 0 Å². The van der Waals surface area contributed by atoms with Crippen LogP contribution in [-0.2, 0) is 28.2 Å². The molecule has 0 rings (SSSR count). The van der Waals surface area contributed by atoms with Crippen LogP contribution in [0.3, 0.4) is 0 Å². The first kappa shape index (κ1) is 49.0. The van der Waals surface area contributed by atoms with Crippen molar-refractivity contribution in [3.63, 3.8) is 0 Å². The second kappa shape index (κ2) is 37.7. The van der Waals surface area contributed by atoms with Gasteiger partial charge in [0.15, 0.2) is 6.10 Å². The Kier molecular flexibility index (Phi) is 35.5. The predicted molar refractivity (Wildman–Crippen MR) is 216 cm³/mol. The fourth-order valence-corrected chi connectivity index (χ4v) is 5.08. The first-order valence-corrected chi connectivity index (χ1v) is 21.1. The zero-order valence-corrected chi connectivity index (χ0v) is 33.1. The third kappa shape index (κ3) is 39.8. The number of carbonyl (C=O) groups is 2. The summed E-state index contributed by atoms with van der Waals surface area (Å²) >= 11 is 0. The van der Waals surface area contributed by atoms with Crippen molar-refractivity contribution in [2.24, 2.45) is 0 Å². The molecule has 2 N–H and O–H groups in total. The first-order valence-electron chi connectivity index (χ1n) is 19.5. The zero-order valence-electron chi connectivity index (χ0n) is 32.2. The smallest absolute Gasteiger partial charge is 0.462 e. The SMILES string of the molecule is CC/C=C\C/C=C\C/C=C\CCCCCCCC(=O)O[C@H](COC(=O)CC/C=C\C/C=C\C/C=C\C/C=C\C/C=C\CCCCC)COP(=O)(O)O. The Morgan fingerprint density at radius 3 is 1.46 bits per heavy atom. The van der Waals surface area contributed by atoms with Crippen molar-refractivity contribution in [3.05, 3.63) is 97.2 Å². The number of phosphoric ester groups is 1. The second-order valence-corrected chi connectivity index (χ2v) is 13.8. The van der Waals surface area contributed by atoms with Gasteiger partial charge < -0.3 is 19.3 Å². The van der Waals surface area contributed by atoms with Gasteiger partial charge >= 0.3 is 19.8 Å². The molecular weight excluding hydrogens is 675 g/mol. The molecule has 294 valence electrons. The van der Waals surface area contributed by atoms with Gasteiger partial charge in [-0.2, -0.15) is 0 Å². The number of rotatable bonds is 34. The van der Waals surface area contributed by atoms with Crippen LogP contribution in [0.15, 0.2) is 97.2 Å². The van der Waals surface area contributed by atoms with Gasteiger partial charge in [0.05, 0.1) is 6.61 Å². The minimum atomic E-state index is -4.78. The average Bonchev–Trinajstić information content (AvgIpc) is 3.11. The number of esters is 2. The first-order chi connectivity index (χ1) is 25.3. The Labute approximate surface area is 315 Å². The van der Waals surface area contributed by atoms with Gasteiger partial charge in [-0.3, -0.25) is 14.1 Å². The summed E-state index contributed by atoms with van der Waals surface area (Å²) in [7, 11) is -4.78. The van der Waals surface area contributed by atoms with Crippen LogP contribution in [0.1, 0.15) is 142 Å². The second-order valence-electron chi connectivity index (χ2n) is 12.5. The van der Waals surface area contributed by atoms with E-state index < -0.39 is 32.5 Å². The highest BCUT2D eigenvalue weighted by Crippen LogP contribution is 2.35. The summed E-state index contributed by atoms with van der Waals surface area (Å²) in [5, 5.41) is 0. The van der Waals surface area contributed by atoms with Crippen LogP contribution >= 0.6 is 7.82 Å². The molecule has 0 aromatic heterocycles. The number of unbranched alkanes of at least 4 members (excludes halogenated alkanes) is 8. The van der Waals surface area contributed by atoms with E-state index >= 15 is 0 Å². The lowest BCUT2D eigenvalue weighted by atomic mass is 10.1. The summed E-state index contributed by atoms with van der Waals surface area (Å²) in [6.45, 7) is 3.44. The van der Waals surface area contributed by atoms with Crippen molar-refractivity contribution in [1.29, 1.82) is 0 Å². The lowest BCUT2D eigenvalue weighted by Gasteiger charge is -2.18. The van der Waals surface area contributed by atoms with Gasteiger partial charge in [-0.1, -0.05) is 143 Å². The molecular formula is C43H69O8P. The standard InChI is InChI=1S/C43H69O8P/c1-3-5-7-9-11-13-15-17-19-20-21-22-24-25-27-29-31-33-35-37-42(44)49-39-41(40-50-52(46,47)48)51-43(45)38-36-34-32-30-28-26-23-18-16-14-12-10-8-6-4-2/h6,8,11-14,17-19,21-23,25,27,31,33,41H,3-5,7,9-10,15-16,20,24,26,28-30,32,34-40H2,1-2H3,(H2,46,47,48)/b8-6-,13-11-,14-12-,19-17-,22-21-,23-18-,27-25-,33-31-/t41-/m1/s1. The topological polar surface area (TPSA) is 119 Å². The number of ether oxygens (including phenoxy) is 2. The third-order valence-corrected chi connectivity index (χ3v) is 8.09. The molecule has 0 aliphatic rings. The summed E-state index contributed by atoms with van der Waals surface area (Å²) in [5.74, 6) is -1.01. The van der Waals surface area contributed by atoms with Crippen molar-refractivity contribution in [2.75, 3.05) is 13.2 Å². The molecule has 0 amide bonds. The Morgan fingerprint density at radius 1 is 0.519 bits per heavy atom. The number of carbonyl (C=O) groups excluding carboxylic acids is 2. The van der Waals surface area contributed by atoms with E-state index in [9.17, 15) is 14.2 Å². The molecule has 52 heavy (non-hydrogen) atoms. The van der Waals surface area contributed by atoms with E-state index in [0.29, 0.717) is 12.8 Å². The van der Waals surface area contributed by atoms with Crippen LogP contribution in [0.25, 0.3) is 0 Å². The van der Waals surface area contributed by atoms with Crippen molar-refractivity contribution < 1.29 is 37.9 Å². The Bertz CT molecular complexity index is 1160. The van der Waals surface area contributed by atoms with Gasteiger partial charge in [0, 0.05) is 12.8 Å². The van der Waals surface area contributed by atoms with Crippen LogP contribution in [0.2, 0.25) is 0 Å². The fraction of sp³-hybridized carbons (Fsp3) is 0.581. The van der Waals surface area contributed by atoms with Gasteiger partial charge in [-0.15, -0.1) is 0 Å². The molecule has 0 aliphatic heterocycles. The maximum Gasteiger partial charge on any atom is 0.469 e. The van der Waals surface area contributed by atoms with E-state index in [1.807, 2.05) is 12.2 Å². The molecule has 0 aromatic carbocycles. The molecule has 0 unspecified atom stereocenters. The number of allylic oxidation sites excluding steroid dienone is 16. The average molecular weight is 745 g/mol. The minimum Gasteiger partial charge on any atom is -0.462 e. The summed E-state index contributed by atoms with van der Waals surface area (Å²) < 4.78 is 26.2.